The fourth-order valence-corrected chi connectivity index (χ4v) is 1.36. The number of sulfonamides is 1. The Morgan fingerprint density at radius 2 is 2.00 bits per heavy atom. The number of rotatable bonds is 2. The van der Waals surface area contributed by atoms with Gasteiger partial charge in [0.25, 0.3) is 0 Å². The molecular formula is C3H7NO3S. The van der Waals surface area contributed by atoms with Crippen molar-refractivity contribution in [1.29, 1.82) is 0 Å². The highest BCUT2D eigenvalue weighted by atomic mass is 32.2. The third kappa shape index (κ3) is 0.988. The third-order valence-electron chi connectivity index (χ3n) is 1.09. The lowest BCUT2D eigenvalue weighted by atomic mass is 11.0. The highest BCUT2D eigenvalue weighted by molar-refractivity contribution is 7.90. The van der Waals surface area contributed by atoms with Gasteiger partial charge in [-0.3, -0.25) is 0 Å². The summed E-state index contributed by atoms with van der Waals surface area (Å²) in [7, 11) is -3.32. The fraction of sp³-hybridized carbons (Fsp3) is 1.00. The van der Waals surface area contributed by atoms with E-state index in [9.17, 15) is 8.42 Å². The van der Waals surface area contributed by atoms with Gasteiger partial charge >= 0.3 is 0 Å². The maximum atomic E-state index is 10.4. The molecule has 1 aliphatic carbocycles. The second-order valence-electron chi connectivity index (χ2n) is 1.84. The molecule has 1 rings (SSSR count). The van der Waals surface area contributed by atoms with Gasteiger partial charge in [-0.15, -0.1) is 0 Å². The molecule has 2 N–H and O–H groups in total. The molecule has 0 spiro atoms. The van der Waals surface area contributed by atoms with Crippen LogP contribution >= 0.6 is 0 Å². The van der Waals surface area contributed by atoms with E-state index >= 15 is 0 Å². The van der Waals surface area contributed by atoms with Crippen LogP contribution in [0.2, 0.25) is 0 Å². The second kappa shape index (κ2) is 1.68. The molecule has 0 aromatic heterocycles. The standard InChI is InChI=1S/C3H7NO3S/c5-4-8(6,7)3-1-2-3/h3-5H,1-2H2. The van der Waals surface area contributed by atoms with E-state index in [-0.39, 0.29) is 5.25 Å². The number of hydrogen-bond donors (Lipinski definition) is 2. The molecule has 0 aromatic rings. The van der Waals surface area contributed by atoms with E-state index in [4.69, 9.17) is 5.21 Å². The third-order valence-corrected chi connectivity index (χ3v) is 2.69. The van der Waals surface area contributed by atoms with Crippen LogP contribution in [0.1, 0.15) is 12.8 Å². The highest BCUT2D eigenvalue weighted by Crippen LogP contribution is 2.26. The minimum absolute atomic E-state index is 0.326. The van der Waals surface area contributed by atoms with Gasteiger partial charge in [0.05, 0.1) is 5.25 Å². The molecular weight excluding hydrogens is 130 g/mol. The summed E-state index contributed by atoms with van der Waals surface area (Å²) >= 11 is 0. The van der Waals surface area contributed by atoms with Crippen molar-refractivity contribution in [3.8, 4) is 0 Å². The smallest absolute Gasteiger partial charge is 0.236 e. The zero-order valence-corrected chi connectivity index (χ0v) is 4.98. The Morgan fingerprint density at radius 1 is 1.50 bits per heavy atom. The molecule has 48 valence electrons. The van der Waals surface area contributed by atoms with Crippen LogP contribution in [0.5, 0.6) is 0 Å². The van der Waals surface area contributed by atoms with Gasteiger partial charge in [0.2, 0.25) is 10.0 Å². The maximum absolute atomic E-state index is 10.4. The summed E-state index contributed by atoms with van der Waals surface area (Å²) in [5.74, 6) is 0. The Bertz CT molecular complexity index is 169. The molecule has 0 aliphatic heterocycles. The van der Waals surface area contributed by atoms with Crippen molar-refractivity contribution in [2.45, 2.75) is 18.1 Å². The minimum Gasteiger partial charge on any atom is -0.302 e. The van der Waals surface area contributed by atoms with Crippen LogP contribution in [0, 0.1) is 0 Å². The van der Waals surface area contributed by atoms with E-state index < -0.39 is 10.0 Å². The predicted octanol–water partition coefficient (Wildman–Crippen LogP) is -0.543. The van der Waals surface area contributed by atoms with Gasteiger partial charge < -0.3 is 5.21 Å². The molecule has 0 amide bonds. The molecule has 0 saturated heterocycles. The highest BCUT2D eigenvalue weighted by Gasteiger charge is 2.35. The van der Waals surface area contributed by atoms with Crippen molar-refractivity contribution in [3.63, 3.8) is 0 Å². The second-order valence-corrected chi connectivity index (χ2v) is 3.77. The molecule has 0 bridgehead atoms. The number of hydrogen-bond acceptors (Lipinski definition) is 3. The van der Waals surface area contributed by atoms with Crippen molar-refractivity contribution < 1.29 is 13.6 Å². The summed E-state index contributed by atoms with van der Waals surface area (Å²) < 4.78 is 20.8. The molecule has 0 unspecified atom stereocenters. The lowest BCUT2D eigenvalue weighted by Gasteiger charge is -1.93. The van der Waals surface area contributed by atoms with Crippen LogP contribution in [-0.4, -0.2) is 18.9 Å². The Balaban J connectivity index is 2.65. The molecule has 1 aliphatic rings. The van der Waals surface area contributed by atoms with E-state index in [1.807, 2.05) is 0 Å². The van der Waals surface area contributed by atoms with E-state index in [1.54, 1.807) is 0 Å². The Hall–Kier alpha value is -0.130. The average Bonchev–Trinajstić information content (AvgIpc) is 2.44. The lowest BCUT2D eigenvalue weighted by Crippen LogP contribution is -2.23. The van der Waals surface area contributed by atoms with Crippen molar-refractivity contribution in [2.24, 2.45) is 0 Å². The summed E-state index contributed by atoms with van der Waals surface area (Å²) in [6.07, 6.45) is 1.35. The van der Waals surface area contributed by atoms with Gasteiger partial charge in [-0.25, -0.2) is 8.42 Å². The van der Waals surface area contributed by atoms with Crippen molar-refractivity contribution in [2.75, 3.05) is 0 Å². The molecule has 0 radical (unpaired) electrons. The Labute approximate surface area is 47.5 Å². The number of nitrogens with one attached hydrogen (secondary N) is 1. The average molecular weight is 137 g/mol. The quantitative estimate of drug-likeness (QED) is 0.502. The summed E-state index contributed by atoms with van der Waals surface area (Å²) in [5.41, 5.74) is 0. The van der Waals surface area contributed by atoms with Crippen LogP contribution in [0.15, 0.2) is 0 Å². The van der Waals surface area contributed by atoms with Gasteiger partial charge in [0.15, 0.2) is 0 Å². The monoisotopic (exact) mass is 137 g/mol. The zero-order valence-electron chi connectivity index (χ0n) is 4.16. The summed E-state index contributed by atoms with van der Waals surface area (Å²) in [5, 5.41) is 7.64. The van der Waals surface area contributed by atoms with E-state index in [0.717, 1.165) is 0 Å². The first kappa shape index (κ1) is 6.00. The van der Waals surface area contributed by atoms with E-state index in [1.165, 1.54) is 4.89 Å². The molecule has 1 saturated carbocycles. The van der Waals surface area contributed by atoms with Gasteiger partial charge in [0, 0.05) is 0 Å². The first-order valence-electron chi connectivity index (χ1n) is 2.31. The molecule has 5 heteroatoms. The largest absolute Gasteiger partial charge is 0.302 e. The Morgan fingerprint density at radius 3 is 2.12 bits per heavy atom. The predicted molar refractivity (Wildman–Crippen MR) is 26.9 cm³/mol. The molecule has 8 heavy (non-hydrogen) atoms. The SMILES string of the molecule is O=S(=O)(NO)C1CC1. The van der Waals surface area contributed by atoms with Crippen LogP contribution in [0.4, 0.5) is 0 Å². The summed E-state index contributed by atoms with van der Waals surface area (Å²) in [6, 6.07) is 0. The lowest BCUT2D eigenvalue weighted by molar-refractivity contribution is 0.242. The fourth-order valence-electron chi connectivity index (χ4n) is 0.453. The topological polar surface area (TPSA) is 66.4 Å². The zero-order chi connectivity index (χ0) is 6.20. The van der Waals surface area contributed by atoms with Crippen LogP contribution < -0.4 is 4.89 Å². The first-order valence-corrected chi connectivity index (χ1v) is 3.86. The first-order chi connectivity index (χ1) is 3.67. The van der Waals surface area contributed by atoms with Crippen molar-refractivity contribution >= 4 is 10.0 Å². The van der Waals surface area contributed by atoms with Gasteiger partial charge in [0.1, 0.15) is 0 Å². The van der Waals surface area contributed by atoms with Crippen molar-refractivity contribution in [3.05, 3.63) is 0 Å². The molecule has 0 atom stereocenters. The molecule has 0 heterocycles. The van der Waals surface area contributed by atoms with Crippen LogP contribution in [-0.2, 0) is 10.0 Å². The van der Waals surface area contributed by atoms with Crippen molar-refractivity contribution in [1.82, 2.24) is 4.89 Å². The molecule has 4 nitrogen and oxygen atoms in total. The van der Waals surface area contributed by atoms with Crippen LogP contribution in [0.25, 0.3) is 0 Å². The van der Waals surface area contributed by atoms with E-state index in [2.05, 4.69) is 0 Å². The maximum Gasteiger partial charge on any atom is 0.236 e. The summed E-state index contributed by atoms with van der Waals surface area (Å²) in [4.78, 5) is 1.28. The van der Waals surface area contributed by atoms with Gasteiger partial charge in [-0.2, -0.15) is 0 Å². The van der Waals surface area contributed by atoms with E-state index in [0.29, 0.717) is 12.8 Å². The normalized spacial score (nSPS) is 21.1. The summed E-state index contributed by atoms with van der Waals surface area (Å²) in [6.45, 7) is 0. The minimum atomic E-state index is -3.32. The molecule has 0 aromatic carbocycles. The van der Waals surface area contributed by atoms with Gasteiger partial charge in [-0.05, 0) is 12.8 Å². The van der Waals surface area contributed by atoms with Gasteiger partial charge in [-0.1, -0.05) is 4.89 Å². The van der Waals surface area contributed by atoms with Crippen LogP contribution in [0.3, 0.4) is 0 Å². The molecule has 1 fully saturated rings. The Kier molecular flexibility index (Phi) is 1.26.